The largest absolute Gasteiger partial charge is 1.00 e. The Morgan fingerprint density at radius 2 is 2.14 bits per heavy atom. The van der Waals surface area contributed by atoms with E-state index in [0.29, 0.717) is 0 Å². The zero-order chi connectivity index (χ0) is 9.10. The van der Waals surface area contributed by atoms with Crippen molar-refractivity contribution in [2.75, 3.05) is 0 Å². The normalized spacial score (nSPS) is 10.1. The lowest BCUT2D eigenvalue weighted by atomic mass is 10.3. The number of rotatable bonds is 3. The second-order valence-electron chi connectivity index (χ2n) is 3.31. The van der Waals surface area contributed by atoms with Gasteiger partial charge in [-0.3, -0.25) is 0 Å². The summed E-state index contributed by atoms with van der Waals surface area (Å²) >= 11 is 0. The summed E-state index contributed by atoms with van der Waals surface area (Å²) in [5.41, 5.74) is 1.27. The molecule has 0 fully saturated rings. The maximum atomic E-state index is 2.30. The molecule has 0 bridgehead atoms. The Hall–Kier alpha value is -0.830. The van der Waals surface area contributed by atoms with Gasteiger partial charge in [0.2, 0.25) is 0 Å². The van der Waals surface area contributed by atoms with Crippen LogP contribution in [-0.4, -0.2) is 4.40 Å². The summed E-state index contributed by atoms with van der Waals surface area (Å²) in [5, 5.41) is 0. The molecule has 0 aromatic carbocycles. The van der Waals surface area contributed by atoms with Gasteiger partial charge in [0.05, 0.1) is 12.7 Å². The molecule has 0 aliphatic rings. The highest BCUT2D eigenvalue weighted by Gasteiger charge is 2.05. The Kier molecular flexibility index (Phi) is 4.14. The lowest BCUT2D eigenvalue weighted by molar-refractivity contribution is -0.671. The van der Waals surface area contributed by atoms with Crippen LogP contribution < -0.4 is 21.5 Å². The third kappa shape index (κ3) is 2.15. The lowest BCUT2D eigenvalue weighted by Gasteiger charge is -1.94. The minimum absolute atomic E-state index is 0. The van der Waals surface area contributed by atoms with Crippen LogP contribution in [0.5, 0.6) is 0 Å². The number of halogens is 1. The first-order valence-corrected chi connectivity index (χ1v) is 4.87. The van der Waals surface area contributed by atoms with Crippen molar-refractivity contribution in [3.63, 3.8) is 0 Å². The van der Waals surface area contributed by atoms with Crippen LogP contribution in [0.2, 0.25) is 0 Å². The van der Waals surface area contributed by atoms with E-state index in [-0.39, 0.29) is 17.0 Å². The molecule has 0 N–H and O–H groups in total. The molecule has 0 radical (unpaired) electrons. The molecular formula is C11H15BrN2. The third-order valence-corrected chi connectivity index (χ3v) is 2.32. The van der Waals surface area contributed by atoms with E-state index in [1.807, 2.05) is 0 Å². The molecule has 3 heteroatoms. The molecule has 76 valence electrons. The van der Waals surface area contributed by atoms with Crippen molar-refractivity contribution in [1.29, 1.82) is 0 Å². The van der Waals surface area contributed by atoms with Crippen LogP contribution in [0, 0.1) is 0 Å². The number of fused-ring (bicyclic) bond motifs is 1. The van der Waals surface area contributed by atoms with Gasteiger partial charge >= 0.3 is 0 Å². The van der Waals surface area contributed by atoms with Crippen LogP contribution in [0.3, 0.4) is 0 Å². The van der Waals surface area contributed by atoms with Gasteiger partial charge in [-0.25, -0.2) is 8.97 Å². The molecule has 14 heavy (non-hydrogen) atoms. The summed E-state index contributed by atoms with van der Waals surface area (Å²) < 4.78 is 4.44. The van der Waals surface area contributed by atoms with Gasteiger partial charge < -0.3 is 17.0 Å². The minimum Gasteiger partial charge on any atom is -1.00 e. The Balaban J connectivity index is 0.000000980. The third-order valence-electron chi connectivity index (χ3n) is 2.32. The first kappa shape index (κ1) is 11.2. The number of aryl methyl sites for hydroxylation is 1. The second kappa shape index (κ2) is 5.15. The van der Waals surface area contributed by atoms with Crippen molar-refractivity contribution >= 4 is 5.65 Å². The Morgan fingerprint density at radius 1 is 1.29 bits per heavy atom. The molecule has 0 aliphatic heterocycles. The molecule has 0 aliphatic carbocycles. The highest BCUT2D eigenvalue weighted by Crippen LogP contribution is 1.98. The number of unbranched alkanes of at least 4 members (excludes halogenated alkanes) is 1. The standard InChI is InChI=1S/C11H15N2.BrH/c1-2-3-7-12-9-10-13-8-5-4-6-11(12)13;/h4-6,8-10H,2-3,7H2,1H3;1H/q+1;/p-1. The van der Waals surface area contributed by atoms with E-state index in [4.69, 9.17) is 0 Å². The molecule has 0 spiro atoms. The first-order chi connectivity index (χ1) is 6.42. The minimum atomic E-state index is 0. The van der Waals surface area contributed by atoms with Gasteiger partial charge in [0.1, 0.15) is 12.4 Å². The van der Waals surface area contributed by atoms with E-state index in [2.05, 4.69) is 52.7 Å². The Labute approximate surface area is 95.0 Å². The van der Waals surface area contributed by atoms with E-state index in [1.165, 1.54) is 18.5 Å². The van der Waals surface area contributed by atoms with Crippen molar-refractivity contribution < 1.29 is 21.5 Å². The number of hydrogen-bond acceptors (Lipinski definition) is 0. The van der Waals surface area contributed by atoms with Crippen molar-refractivity contribution in [1.82, 2.24) is 4.40 Å². The Morgan fingerprint density at radius 3 is 2.93 bits per heavy atom. The molecule has 0 saturated heterocycles. The molecule has 2 aromatic heterocycles. The maximum Gasteiger partial charge on any atom is 0.286 e. The van der Waals surface area contributed by atoms with E-state index in [0.717, 1.165) is 6.54 Å². The zero-order valence-electron chi connectivity index (χ0n) is 8.36. The van der Waals surface area contributed by atoms with Crippen LogP contribution in [0.15, 0.2) is 36.8 Å². The van der Waals surface area contributed by atoms with Crippen LogP contribution in [0.4, 0.5) is 0 Å². The molecule has 2 nitrogen and oxygen atoms in total. The van der Waals surface area contributed by atoms with Gasteiger partial charge in [-0.1, -0.05) is 19.4 Å². The number of aromatic nitrogens is 2. The fourth-order valence-electron chi connectivity index (χ4n) is 1.56. The summed E-state index contributed by atoms with van der Waals surface area (Å²) in [6.45, 7) is 3.34. The molecular weight excluding hydrogens is 240 g/mol. The van der Waals surface area contributed by atoms with Crippen LogP contribution in [-0.2, 0) is 6.54 Å². The van der Waals surface area contributed by atoms with Crippen LogP contribution >= 0.6 is 0 Å². The average molecular weight is 255 g/mol. The van der Waals surface area contributed by atoms with E-state index >= 15 is 0 Å². The molecule has 2 rings (SSSR count). The van der Waals surface area contributed by atoms with Gasteiger partial charge in [-0.2, -0.15) is 0 Å². The summed E-state index contributed by atoms with van der Waals surface area (Å²) in [4.78, 5) is 0. The summed E-state index contributed by atoms with van der Waals surface area (Å²) in [6.07, 6.45) is 8.82. The molecule has 0 atom stereocenters. The maximum absolute atomic E-state index is 2.30. The van der Waals surface area contributed by atoms with Gasteiger partial charge in [-0.15, -0.1) is 0 Å². The van der Waals surface area contributed by atoms with Gasteiger partial charge in [0.25, 0.3) is 5.65 Å². The fourth-order valence-corrected chi connectivity index (χ4v) is 1.56. The Bertz CT molecular complexity index is 395. The summed E-state index contributed by atoms with van der Waals surface area (Å²) in [7, 11) is 0. The molecule has 0 unspecified atom stereocenters. The lowest BCUT2D eigenvalue weighted by Crippen LogP contribution is -3.00. The summed E-state index contributed by atoms with van der Waals surface area (Å²) in [5.74, 6) is 0. The predicted molar refractivity (Wildman–Crippen MR) is 52.5 cm³/mol. The predicted octanol–water partition coefficient (Wildman–Crippen LogP) is -0.969. The number of nitrogens with zero attached hydrogens (tertiary/aromatic N) is 2. The average Bonchev–Trinajstić information content (AvgIpc) is 2.58. The van der Waals surface area contributed by atoms with Gasteiger partial charge in [0, 0.05) is 6.07 Å². The molecule has 2 aromatic rings. The topological polar surface area (TPSA) is 8.29 Å². The SMILES string of the molecule is CCCC[n+]1ccn2ccccc21.[Br-]. The van der Waals surface area contributed by atoms with Crippen molar-refractivity contribution in [3.05, 3.63) is 36.8 Å². The molecule has 0 amide bonds. The fraction of sp³-hybridized carbons (Fsp3) is 0.364. The smallest absolute Gasteiger partial charge is 0.286 e. The number of imidazole rings is 1. The number of hydrogen-bond donors (Lipinski definition) is 0. The van der Waals surface area contributed by atoms with Gasteiger partial charge in [-0.05, 0) is 12.5 Å². The van der Waals surface area contributed by atoms with Crippen molar-refractivity contribution in [3.8, 4) is 0 Å². The first-order valence-electron chi connectivity index (χ1n) is 4.87. The summed E-state index contributed by atoms with van der Waals surface area (Å²) in [6, 6.07) is 6.28. The van der Waals surface area contributed by atoms with E-state index in [9.17, 15) is 0 Å². The molecule has 0 saturated carbocycles. The van der Waals surface area contributed by atoms with Crippen molar-refractivity contribution in [2.24, 2.45) is 0 Å². The monoisotopic (exact) mass is 254 g/mol. The van der Waals surface area contributed by atoms with Gasteiger partial charge in [0.15, 0.2) is 0 Å². The highest BCUT2D eigenvalue weighted by molar-refractivity contribution is 5.30. The van der Waals surface area contributed by atoms with E-state index in [1.54, 1.807) is 0 Å². The van der Waals surface area contributed by atoms with Crippen LogP contribution in [0.25, 0.3) is 5.65 Å². The zero-order valence-corrected chi connectivity index (χ0v) is 9.94. The quantitative estimate of drug-likeness (QED) is 0.624. The molecule has 2 heterocycles. The van der Waals surface area contributed by atoms with Crippen LogP contribution in [0.1, 0.15) is 19.8 Å². The number of pyridine rings is 1. The highest BCUT2D eigenvalue weighted by atomic mass is 79.9. The van der Waals surface area contributed by atoms with E-state index < -0.39 is 0 Å². The van der Waals surface area contributed by atoms with Crippen molar-refractivity contribution in [2.45, 2.75) is 26.3 Å². The second-order valence-corrected chi connectivity index (χ2v) is 3.31.